The summed E-state index contributed by atoms with van der Waals surface area (Å²) in [6.07, 6.45) is 1.52. The summed E-state index contributed by atoms with van der Waals surface area (Å²) in [4.78, 5) is 13.9. The van der Waals surface area contributed by atoms with Crippen LogP contribution in [0, 0.1) is 0 Å². The minimum atomic E-state index is -0.471. The van der Waals surface area contributed by atoms with Gasteiger partial charge in [-0.1, -0.05) is 30.3 Å². The summed E-state index contributed by atoms with van der Waals surface area (Å²) in [5, 5.41) is 0. The Bertz CT molecular complexity index is 769. The second kappa shape index (κ2) is 23.6. The molecule has 0 N–H and O–H groups in total. The third-order valence-corrected chi connectivity index (χ3v) is 6.02. The molecular formula is C31H53NO10. The van der Waals surface area contributed by atoms with Crippen LogP contribution in [0.25, 0.3) is 0 Å². The Hall–Kier alpha value is -1.83. The fourth-order valence-corrected chi connectivity index (χ4v) is 3.89. The van der Waals surface area contributed by atoms with Crippen LogP contribution in [-0.4, -0.2) is 128 Å². The van der Waals surface area contributed by atoms with Gasteiger partial charge in [-0.05, 0) is 39.2 Å². The van der Waals surface area contributed by atoms with Crippen LogP contribution in [0.2, 0.25) is 0 Å². The van der Waals surface area contributed by atoms with Gasteiger partial charge in [0.1, 0.15) is 5.60 Å². The number of hydrogen-bond donors (Lipinski definition) is 0. The first-order valence-electron chi connectivity index (χ1n) is 15.1. The van der Waals surface area contributed by atoms with Crippen molar-refractivity contribution in [1.82, 2.24) is 4.90 Å². The predicted molar refractivity (Wildman–Crippen MR) is 158 cm³/mol. The quantitative estimate of drug-likeness (QED) is 0.163. The number of piperidine rings is 1. The van der Waals surface area contributed by atoms with E-state index < -0.39 is 5.60 Å². The van der Waals surface area contributed by atoms with Crippen LogP contribution in [-0.2, 0) is 49.2 Å². The lowest BCUT2D eigenvalue weighted by molar-refractivity contribution is -0.0403. The van der Waals surface area contributed by atoms with Gasteiger partial charge in [0.2, 0.25) is 0 Å². The molecule has 0 aliphatic carbocycles. The van der Waals surface area contributed by atoms with Gasteiger partial charge in [0.05, 0.1) is 105 Å². The molecule has 1 aromatic carbocycles. The molecule has 11 heteroatoms. The fourth-order valence-electron chi connectivity index (χ4n) is 3.89. The van der Waals surface area contributed by atoms with Crippen LogP contribution in [0.3, 0.4) is 0 Å². The van der Waals surface area contributed by atoms with Crippen molar-refractivity contribution in [3.63, 3.8) is 0 Å². The van der Waals surface area contributed by atoms with Crippen molar-refractivity contribution in [2.45, 2.75) is 51.9 Å². The van der Waals surface area contributed by atoms with E-state index in [2.05, 4.69) is 0 Å². The number of benzene rings is 1. The summed E-state index contributed by atoms with van der Waals surface area (Å²) in [5.41, 5.74) is 0.688. The number of rotatable bonds is 24. The van der Waals surface area contributed by atoms with E-state index in [1.807, 2.05) is 51.1 Å². The molecule has 1 saturated heterocycles. The van der Waals surface area contributed by atoms with E-state index in [0.29, 0.717) is 112 Å². The van der Waals surface area contributed by atoms with Gasteiger partial charge < -0.3 is 47.5 Å². The fraction of sp³-hybridized carbons (Fsp3) is 0.774. The molecule has 0 bridgehead atoms. The topological polar surface area (TPSA) is 103 Å². The van der Waals surface area contributed by atoms with Gasteiger partial charge in [0, 0.05) is 13.1 Å². The lowest BCUT2D eigenvalue weighted by atomic mass is 10.1. The Morgan fingerprint density at radius 1 is 0.643 bits per heavy atom. The lowest BCUT2D eigenvalue weighted by Crippen LogP contribution is -2.43. The number of carbonyl (C=O) groups is 1. The van der Waals surface area contributed by atoms with Crippen molar-refractivity contribution in [2.24, 2.45) is 0 Å². The van der Waals surface area contributed by atoms with Gasteiger partial charge >= 0.3 is 6.09 Å². The van der Waals surface area contributed by atoms with Crippen molar-refractivity contribution in [3.05, 3.63) is 35.9 Å². The molecule has 0 aromatic heterocycles. The summed E-state index contributed by atoms with van der Waals surface area (Å²) in [6, 6.07) is 10.1. The van der Waals surface area contributed by atoms with Gasteiger partial charge in [-0.2, -0.15) is 0 Å². The maximum Gasteiger partial charge on any atom is 0.410 e. The first-order chi connectivity index (χ1) is 20.4. The van der Waals surface area contributed by atoms with Crippen LogP contribution in [0.15, 0.2) is 30.3 Å². The summed E-state index contributed by atoms with van der Waals surface area (Å²) >= 11 is 0. The van der Waals surface area contributed by atoms with Gasteiger partial charge in [-0.3, -0.25) is 0 Å². The Labute approximate surface area is 251 Å². The second-order valence-electron chi connectivity index (χ2n) is 10.7. The van der Waals surface area contributed by atoms with E-state index in [4.69, 9.17) is 42.6 Å². The molecule has 42 heavy (non-hydrogen) atoms. The van der Waals surface area contributed by atoms with Gasteiger partial charge in [0.15, 0.2) is 0 Å². The minimum Gasteiger partial charge on any atom is -0.444 e. The highest BCUT2D eigenvalue weighted by atomic mass is 16.6. The molecule has 1 aromatic rings. The van der Waals surface area contributed by atoms with Crippen molar-refractivity contribution in [3.8, 4) is 0 Å². The molecular weight excluding hydrogens is 546 g/mol. The molecule has 11 nitrogen and oxygen atoms in total. The molecule has 0 radical (unpaired) electrons. The second-order valence-corrected chi connectivity index (χ2v) is 10.7. The number of likely N-dealkylation sites (tertiary alicyclic amines) is 1. The van der Waals surface area contributed by atoms with E-state index in [1.54, 1.807) is 4.90 Å². The van der Waals surface area contributed by atoms with Crippen molar-refractivity contribution in [1.29, 1.82) is 0 Å². The molecule has 2 rings (SSSR count). The number of nitrogens with zero attached hydrogens (tertiary/aromatic N) is 1. The Morgan fingerprint density at radius 2 is 1.05 bits per heavy atom. The number of ether oxygens (including phenoxy) is 9. The smallest absolute Gasteiger partial charge is 0.410 e. The van der Waals surface area contributed by atoms with E-state index >= 15 is 0 Å². The Kier molecular flexibility index (Phi) is 20.4. The van der Waals surface area contributed by atoms with Crippen LogP contribution >= 0.6 is 0 Å². The maximum atomic E-state index is 12.1. The highest BCUT2D eigenvalue weighted by molar-refractivity contribution is 5.68. The Morgan fingerprint density at radius 3 is 1.48 bits per heavy atom. The monoisotopic (exact) mass is 599 g/mol. The van der Waals surface area contributed by atoms with Gasteiger partial charge in [-0.15, -0.1) is 0 Å². The van der Waals surface area contributed by atoms with E-state index in [0.717, 1.165) is 18.4 Å². The van der Waals surface area contributed by atoms with Crippen molar-refractivity contribution >= 4 is 6.09 Å². The normalized spacial score (nSPS) is 14.4. The first-order valence-corrected chi connectivity index (χ1v) is 15.1. The molecule has 1 fully saturated rings. The largest absolute Gasteiger partial charge is 0.444 e. The van der Waals surface area contributed by atoms with Crippen LogP contribution < -0.4 is 0 Å². The number of hydrogen-bond acceptors (Lipinski definition) is 10. The molecule has 242 valence electrons. The number of carbonyl (C=O) groups excluding carboxylic acids is 1. The van der Waals surface area contributed by atoms with Gasteiger partial charge in [-0.25, -0.2) is 4.79 Å². The molecule has 1 amide bonds. The predicted octanol–water partition coefficient (Wildman–Crippen LogP) is 3.72. The van der Waals surface area contributed by atoms with Gasteiger partial charge in [0.25, 0.3) is 0 Å². The first kappa shape index (κ1) is 36.4. The third kappa shape index (κ3) is 20.1. The van der Waals surface area contributed by atoms with Crippen LogP contribution in [0.4, 0.5) is 4.79 Å². The standard InChI is InChI=1S/C31H53NO10/c1-31(2,3)42-30(33)32-11-9-29(10-12-32)41-26-25-39-22-21-37-18-17-35-14-13-34-15-16-36-19-20-38-23-24-40-27-28-7-5-4-6-8-28/h4-8,29H,9-27H2,1-3H3. The highest BCUT2D eigenvalue weighted by Gasteiger charge is 2.27. The zero-order valence-corrected chi connectivity index (χ0v) is 25.9. The molecule has 0 unspecified atom stereocenters. The third-order valence-electron chi connectivity index (χ3n) is 6.02. The van der Waals surface area contributed by atoms with E-state index in [1.165, 1.54) is 0 Å². The maximum absolute atomic E-state index is 12.1. The molecule has 0 saturated carbocycles. The highest BCUT2D eigenvalue weighted by Crippen LogP contribution is 2.17. The average Bonchev–Trinajstić information content (AvgIpc) is 2.97. The summed E-state index contributed by atoms with van der Waals surface area (Å²) < 4.78 is 49.9. The zero-order chi connectivity index (χ0) is 30.1. The van der Waals surface area contributed by atoms with E-state index in [-0.39, 0.29) is 12.2 Å². The zero-order valence-electron chi connectivity index (χ0n) is 25.9. The SMILES string of the molecule is CC(C)(C)OC(=O)N1CCC(OCCOCCOCCOCCOCCOCCOCCOCc2ccccc2)CC1. The Balaban J connectivity index is 1.21. The minimum absolute atomic E-state index is 0.151. The molecule has 1 aliphatic rings. The van der Waals surface area contributed by atoms with Crippen LogP contribution in [0.1, 0.15) is 39.2 Å². The van der Waals surface area contributed by atoms with Crippen molar-refractivity contribution in [2.75, 3.05) is 106 Å². The average molecular weight is 600 g/mol. The summed E-state index contributed by atoms with van der Waals surface area (Å²) in [5.74, 6) is 0. The van der Waals surface area contributed by atoms with Crippen molar-refractivity contribution < 1.29 is 47.4 Å². The summed E-state index contributed by atoms with van der Waals surface area (Å²) in [6.45, 7) is 14.9. The molecule has 0 atom stereocenters. The summed E-state index contributed by atoms with van der Waals surface area (Å²) in [7, 11) is 0. The lowest BCUT2D eigenvalue weighted by Gasteiger charge is -2.33. The molecule has 0 spiro atoms. The molecule has 1 heterocycles. The van der Waals surface area contributed by atoms with Crippen LogP contribution in [0.5, 0.6) is 0 Å². The number of amides is 1. The van der Waals surface area contributed by atoms with E-state index in [9.17, 15) is 4.79 Å². The molecule has 1 aliphatic heterocycles.